The standard InChI is InChI=1S/C15H22N4OS/c1-17-7-8-18(2)15(17)16-13-5-3-4-6-14(13)19-9-11-21(20)12-10-19/h3-6H,7-12H2,1-2H3. The summed E-state index contributed by atoms with van der Waals surface area (Å²) in [7, 11) is 4.16. The molecule has 2 saturated heterocycles. The summed E-state index contributed by atoms with van der Waals surface area (Å²) in [6.07, 6.45) is 0. The van der Waals surface area contributed by atoms with Crippen molar-refractivity contribution in [2.45, 2.75) is 0 Å². The van der Waals surface area contributed by atoms with Gasteiger partial charge >= 0.3 is 0 Å². The van der Waals surface area contributed by atoms with Crippen LogP contribution >= 0.6 is 0 Å². The molecule has 2 heterocycles. The third kappa shape index (κ3) is 3.11. The van der Waals surface area contributed by atoms with Crippen LogP contribution in [0.2, 0.25) is 0 Å². The summed E-state index contributed by atoms with van der Waals surface area (Å²) in [5.74, 6) is 2.53. The molecular formula is C15H22N4OS. The van der Waals surface area contributed by atoms with E-state index < -0.39 is 11.2 Å². The fraction of sp³-hybridized carbons (Fsp3) is 0.533. The maximum atomic E-state index is 11.5. The molecule has 5 nitrogen and oxygen atoms in total. The summed E-state index contributed by atoms with van der Waals surface area (Å²) in [5.41, 5.74) is 2.15. The van der Waals surface area contributed by atoms with E-state index in [1.165, 1.54) is 0 Å². The van der Waals surface area contributed by atoms with E-state index in [1.807, 2.05) is 12.1 Å². The SMILES string of the molecule is CN1CCN(C)C1=Nc1ccccc1N1CC[S+]([O-])CC1. The van der Waals surface area contributed by atoms with Crippen LogP contribution in [0.15, 0.2) is 29.3 Å². The minimum absolute atomic E-state index is 0.651. The van der Waals surface area contributed by atoms with Gasteiger partial charge in [0, 0.05) is 27.2 Å². The maximum Gasteiger partial charge on any atom is 0.201 e. The third-order valence-corrected chi connectivity index (χ3v) is 5.35. The fourth-order valence-electron chi connectivity index (χ4n) is 2.77. The predicted octanol–water partition coefficient (Wildman–Crippen LogP) is 1.12. The molecule has 0 aliphatic carbocycles. The second kappa shape index (κ2) is 6.15. The van der Waals surface area contributed by atoms with Gasteiger partial charge in [-0.1, -0.05) is 23.3 Å². The Bertz CT molecular complexity index is 516. The van der Waals surface area contributed by atoms with Crippen molar-refractivity contribution in [3.63, 3.8) is 0 Å². The lowest BCUT2D eigenvalue weighted by Gasteiger charge is -2.30. The van der Waals surface area contributed by atoms with Gasteiger partial charge in [-0.3, -0.25) is 0 Å². The Labute approximate surface area is 129 Å². The van der Waals surface area contributed by atoms with Crippen molar-refractivity contribution >= 4 is 28.5 Å². The molecule has 0 unspecified atom stereocenters. The molecule has 2 aliphatic heterocycles. The van der Waals surface area contributed by atoms with Crippen LogP contribution in [-0.4, -0.2) is 72.1 Å². The highest BCUT2D eigenvalue weighted by Gasteiger charge is 2.23. The Morgan fingerprint density at radius 1 is 1.00 bits per heavy atom. The van der Waals surface area contributed by atoms with E-state index in [2.05, 4.69) is 40.9 Å². The van der Waals surface area contributed by atoms with Crippen molar-refractivity contribution in [1.82, 2.24) is 9.80 Å². The number of rotatable bonds is 2. The number of benzene rings is 1. The van der Waals surface area contributed by atoms with Crippen LogP contribution in [0.4, 0.5) is 11.4 Å². The van der Waals surface area contributed by atoms with Gasteiger partial charge in [0.25, 0.3) is 0 Å². The fourth-order valence-corrected chi connectivity index (χ4v) is 3.83. The normalized spacial score (nSPS) is 20.3. The van der Waals surface area contributed by atoms with E-state index in [4.69, 9.17) is 4.99 Å². The molecule has 2 aliphatic rings. The molecule has 2 fully saturated rings. The van der Waals surface area contributed by atoms with Crippen LogP contribution in [0.25, 0.3) is 0 Å². The third-order valence-electron chi connectivity index (χ3n) is 4.07. The first-order chi connectivity index (χ1) is 10.1. The number of aliphatic imine (C=N–C) groups is 1. The van der Waals surface area contributed by atoms with E-state index in [0.29, 0.717) is 0 Å². The molecular weight excluding hydrogens is 284 g/mol. The minimum atomic E-state index is -0.651. The lowest BCUT2D eigenvalue weighted by molar-refractivity contribution is 0.553. The largest absolute Gasteiger partial charge is 0.616 e. The number of guanidine groups is 1. The summed E-state index contributed by atoms with van der Waals surface area (Å²) in [6, 6.07) is 8.25. The Kier molecular flexibility index (Phi) is 4.26. The first-order valence-corrected chi connectivity index (χ1v) is 8.84. The van der Waals surface area contributed by atoms with Gasteiger partial charge in [0.05, 0.1) is 24.5 Å². The first kappa shape index (κ1) is 14.5. The second-order valence-corrected chi connectivity index (χ2v) is 7.27. The molecule has 1 aromatic carbocycles. The molecule has 0 aromatic heterocycles. The number of hydrogen-bond donors (Lipinski definition) is 0. The predicted molar refractivity (Wildman–Crippen MR) is 88.9 cm³/mol. The average Bonchev–Trinajstić information content (AvgIpc) is 2.81. The van der Waals surface area contributed by atoms with Crippen molar-refractivity contribution in [3.05, 3.63) is 24.3 Å². The zero-order valence-electron chi connectivity index (χ0n) is 12.7. The van der Waals surface area contributed by atoms with Gasteiger partial charge < -0.3 is 19.3 Å². The molecule has 0 atom stereocenters. The molecule has 0 bridgehead atoms. The lowest BCUT2D eigenvalue weighted by atomic mass is 10.2. The Morgan fingerprint density at radius 2 is 1.62 bits per heavy atom. The molecule has 6 heteroatoms. The molecule has 21 heavy (non-hydrogen) atoms. The molecule has 0 N–H and O–H groups in total. The van der Waals surface area contributed by atoms with Crippen molar-refractivity contribution in [2.24, 2.45) is 4.99 Å². The van der Waals surface area contributed by atoms with E-state index in [0.717, 1.165) is 55.0 Å². The number of para-hydroxylation sites is 2. The molecule has 0 spiro atoms. The Hall–Kier alpha value is -1.40. The minimum Gasteiger partial charge on any atom is -0.616 e. The highest BCUT2D eigenvalue weighted by Crippen LogP contribution is 2.30. The molecule has 0 amide bonds. The zero-order valence-corrected chi connectivity index (χ0v) is 13.5. The van der Waals surface area contributed by atoms with Gasteiger partial charge in [-0.15, -0.1) is 0 Å². The number of nitrogens with zero attached hydrogens (tertiary/aromatic N) is 4. The van der Waals surface area contributed by atoms with Crippen LogP contribution in [0.1, 0.15) is 0 Å². The molecule has 114 valence electrons. The smallest absolute Gasteiger partial charge is 0.201 e. The summed E-state index contributed by atoms with van der Waals surface area (Å²) in [5, 5.41) is 0. The zero-order chi connectivity index (χ0) is 14.8. The van der Waals surface area contributed by atoms with Crippen LogP contribution in [0.3, 0.4) is 0 Å². The van der Waals surface area contributed by atoms with Crippen molar-refractivity contribution in [3.8, 4) is 0 Å². The summed E-state index contributed by atoms with van der Waals surface area (Å²) >= 11 is -0.651. The van der Waals surface area contributed by atoms with Gasteiger partial charge in [0.2, 0.25) is 5.96 Å². The Morgan fingerprint density at radius 3 is 2.29 bits per heavy atom. The molecule has 3 rings (SSSR count). The van der Waals surface area contributed by atoms with E-state index >= 15 is 0 Å². The van der Waals surface area contributed by atoms with Crippen molar-refractivity contribution < 1.29 is 4.55 Å². The quantitative estimate of drug-likeness (QED) is 0.768. The van der Waals surface area contributed by atoms with Gasteiger partial charge in [0.1, 0.15) is 11.5 Å². The summed E-state index contributed by atoms with van der Waals surface area (Å²) in [6.45, 7) is 3.72. The van der Waals surface area contributed by atoms with Gasteiger partial charge in [0.15, 0.2) is 0 Å². The maximum absolute atomic E-state index is 11.5. The highest BCUT2D eigenvalue weighted by atomic mass is 32.2. The highest BCUT2D eigenvalue weighted by molar-refractivity contribution is 7.91. The van der Waals surface area contributed by atoms with Gasteiger partial charge in [-0.25, -0.2) is 4.99 Å². The van der Waals surface area contributed by atoms with Crippen LogP contribution in [0.5, 0.6) is 0 Å². The van der Waals surface area contributed by atoms with Crippen molar-refractivity contribution in [1.29, 1.82) is 0 Å². The van der Waals surface area contributed by atoms with Crippen LogP contribution in [0, 0.1) is 0 Å². The second-order valence-electron chi connectivity index (χ2n) is 5.58. The van der Waals surface area contributed by atoms with E-state index in [9.17, 15) is 4.55 Å². The number of likely N-dealkylation sites (N-methyl/N-ethyl adjacent to an activating group) is 2. The van der Waals surface area contributed by atoms with E-state index in [1.54, 1.807) is 0 Å². The topological polar surface area (TPSA) is 45.1 Å². The van der Waals surface area contributed by atoms with Gasteiger partial charge in [-0.2, -0.15) is 0 Å². The summed E-state index contributed by atoms with van der Waals surface area (Å²) < 4.78 is 11.5. The van der Waals surface area contributed by atoms with Crippen LogP contribution in [-0.2, 0) is 11.2 Å². The molecule has 1 aromatic rings. The molecule has 0 radical (unpaired) electrons. The molecule has 0 saturated carbocycles. The summed E-state index contributed by atoms with van der Waals surface area (Å²) in [4.78, 5) is 11.5. The van der Waals surface area contributed by atoms with Crippen molar-refractivity contribution in [2.75, 3.05) is 56.7 Å². The Balaban J connectivity index is 1.88. The van der Waals surface area contributed by atoms with Gasteiger partial charge in [-0.05, 0) is 12.1 Å². The number of anilines is 1. The average molecular weight is 306 g/mol. The van der Waals surface area contributed by atoms with E-state index in [-0.39, 0.29) is 0 Å². The monoisotopic (exact) mass is 306 g/mol. The number of hydrogen-bond acceptors (Lipinski definition) is 3. The first-order valence-electron chi connectivity index (χ1n) is 7.35. The van der Waals surface area contributed by atoms with Crippen LogP contribution < -0.4 is 4.90 Å². The lowest BCUT2D eigenvalue weighted by Crippen LogP contribution is -2.40.